The minimum absolute atomic E-state index is 0. The summed E-state index contributed by atoms with van der Waals surface area (Å²) in [6, 6.07) is 0. The Morgan fingerprint density at radius 1 is 0.667 bits per heavy atom. The topological polar surface area (TPSA) is 14.1 Å². The van der Waals surface area contributed by atoms with Gasteiger partial charge in [0.25, 0.3) is 0 Å². The molecule has 0 aliphatic rings. The van der Waals surface area contributed by atoms with Crippen molar-refractivity contribution >= 4 is 16.5 Å². The van der Waals surface area contributed by atoms with Crippen LogP contribution in [0.25, 0.3) is 4.65 Å². The summed E-state index contributed by atoms with van der Waals surface area (Å²) in [5.41, 5.74) is 0. The Kier molecular flexibility index (Phi) is 16.1. The molecule has 1 nitrogen and oxygen atoms in total. The molecule has 0 aromatic carbocycles. The summed E-state index contributed by atoms with van der Waals surface area (Å²) >= 11 is 0. The number of nitrogens with zero attached hydrogens (tertiary/aromatic N) is 1. The Labute approximate surface area is 111 Å². The van der Waals surface area contributed by atoms with Gasteiger partial charge in [-0.05, 0) is 0 Å². The van der Waals surface area contributed by atoms with Crippen LogP contribution in [0.5, 0.6) is 0 Å². The molecule has 0 aliphatic carbocycles. The molecule has 0 fully saturated rings. The van der Waals surface area contributed by atoms with Crippen LogP contribution in [-0.2, 0) is 26.2 Å². The van der Waals surface area contributed by atoms with Crippen molar-refractivity contribution in [3.8, 4) is 0 Å². The summed E-state index contributed by atoms with van der Waals surface area (Å²) in [6.07, 6.45) is 0. The Bertz CT molecular complexity index is 88.7. The van der Waals surface area contributed by atoms with Gasteiger partial charge in [-0.25, -0.2) is 0 Å². The van der Waals surface area contributed by atoms with Gasteiger partial charge in [-0.2, -0.15) is 0 Å². The standard InChI is InChI=1S/C6H18NSi2.2ClH.Zr/c1-8(2,3)7-9(4,5)6;;;/h1-6H3;2*1H;/q-1;;;+3/p-2. The molecule has 6 heteroatoms. The van der Waals surface area contributed by atoms with E-state index in [2.05, 4.69) is 39.3 Å². The molecular weight excluding hydrogens is 304 g/mol. The van der Waals surface area contributed by atoms with Crippen molar-refractivity contribution in [2.45, 2.75) is 39.3 Å². The Morgan fingerprint density at radius 2 is 0.833 bits per heavy atom. The SMILES string of the molecule is C[Si](C)(C)[N-][Si](C)(C)C.[Cl-].[Cl-].[Zr+3]. The Hall–Kier alpha value is 1.86. The zero-order valence-corrected chi connectivity index (χ0v) is 14.7. The number of hydrogen-bond donors (Lipinski definition) is 0. The smallest absolute Gasteiger partial charge is 1.00 e. The first-order chi connectivity index (χ1) is 3.71. The van der Waals surface area contributed by atoms with Gasteiger partial charge in [0.2, 0.25) is 0 Å². The van der Waals surface area contributed by atoms with E-state index in [9.17, 15) is 0 Å². The van der Waals surface area contributed by atoms with Gasteiger partial charge in [0.05, 0.1) is 0 Å². The predicted molar refractivity (Wildman–Crippen MR) is 50.1 cm³/mol. The van der Waals surface area contributed by atoms with Crippen molar-refractivity contribution < 1.29 is 51.0 Å². The third kappa shape index (κ3) is 22.6. The van der Waals surface area contributed by atoms with Gasteiger partial charge < -0.3 is 29.5 Å². The quantitative estimate of drug-likeness (QED) is 0.482. The van der Waals surface area contributed by atoms with Crippen molar-refractivity contribution in [3.63, 3.8) is 0 Å². The van der Waals surface area contributed by atoms with Gasteiger partial charge in [-0.15, -0.1) is 0 Å². The molecule has 0 saturated heterocycles. The summed E-state index contributed by atoms with van der Waals surface area (Å²) in [7, 11) is -2.21. The first-order valence-corrected chi connectivity index (χ1v) is 10.3. The maximum absolute atomic E-state index is 4.82. The zero-order valence-electron chi connectivity index (χ0n) is 8.70. The van der Waals surface area contributed by atoms with E-state index in [4.69, 9.17) is 4.65 Å². The minimum Gasteiger partial charge on any atom is -1.00 e. The monoisotopic (exact) mass is 320 g/mol. The van der Waals surface area contributed by atoms with E-state index < -0.39 is 16.5 Å². The van der Waals surface area contributed by atoms with E-state index in [1.807, 2.05) is 0 Å². The molecule has 0 atom stereocenters. The Morgan fingerprint density at radius 3 is 0.833 bits per heavy atom. The summed E-state index contributed by atoms with van der Waals surface area (Å²) in [5.74, 6) is 0. The maximum atomic E-state index is 4.82. The van der Waals surface area contributed by atoms with Crippen molar-refractivity contribution in [2.24, 2.45) is 0 Å². The fourth-order valence-electron chi connectivity index (χ4n) is 1.01. The van der Waals surface area contributed by atoms with E-state index >= 15 is 0 Å². The molecule has 0 spiro atoms. The molecule has 0 heterocycles. The maximum Gasteiger partial charge on any atom is 3.00 e. The van der Waals surface area contributed by atoms with Gasteiger partial charge in [-0.3, -0.25) is 0 Å². The van der Waals surface area contributed by atoms with Crippen molar-refractivity contribution in [2.75, 3.05) is 0 Å². The molecule has 0 aliphatic heterocycles. The van der Waals surface area contributed by atoms with E-state index in [-0.39, 0.29) is 51.0 Å². The van der Waals surface area contributed by atoms with Crippen LogP contribution < -0.4 is 24.8 Å². The van der Waals surface area contributed by atoms with Gasteiger partial charge >= 0.3 is 26.2 Å². The molecule has 1 radical (unpaired) electrons. The van der Waals surface area contributed by atoms with Crippen molar-refractivity contribution in [3.05, 3.63) is 4.65 Å². The molecular formula is C6H18Cl2NSi2Zr. The van der Waals surface area contributed by atoms with Gasteiger partial charge in [0.1, 0.15) is 0 Å². The molecule has 0 rings (SSSR count). The van der Waals surface area contributed by atoms with Crippen LogP contribution in [0.1, 0.15) is 0 Å². The van der Waals surface area contributed by atoms with Crippen LogP contribution in [0, 0.1) is 0 Å². The second-order valence-corrected chi connectivity index (χ2v) is 14.0. The molecule has 12 heavy (non-hydrogen) atoms. The molecule has 0 N–H and O–H groups in total. The van der Waals surface area contributed by atoms with Crippen molar-refractivity contribution in [1.82, 2.24) is 0 Å². The van der Waals surface area contributed by atoms with Gasteiger partial charge in [0.15, 0.2) is 0 Å². The molecule has 0 aromatic heterocycles. The van der Waals surface area contributed by atoms with Crippen LogP contribution in [0.2, 0.25) is 39.3 Å². The van der Waals surface area contributed by atoms with Gasteiger partial charge in [-0.1, -0.05) is 55.8 Å². The van der Waals surface area contributed by atoms with Crippen LogP contribution in [0.15, 0.2) is 0 Å². The third-order valence-corrected chi connectivity index (χ3v) is 6.04. The number of rotatable bonds is 2. The first-order valence-electron chi connectivity index (χ1n) is 3.45. The summed E-state index contributed by atoms with van der Waals surface area (Å²) in [5, 5.41) is 0. The second kappa shape index (κ2) is 8.19. The number of halogens is 2. The molecule has 0 saturated carbocycles. The van der Waals surface area contributed by atoms with Crippen LogP contribution >= 0.6 is 0 Å². The number of hydrogen-bond acceptors (Lipinski definition) is 0. The summed E-state index contributed by atoms with van der Waals surface area (Å²) in [4.78, 5) is 0. The van der Waals surface area contributed by atoms with Crippen LogP contribution in [-0.4, -0.2) is 16.5 Å². The van der Waals surface area contributed by atoms with Gasteiger partial charge in [0, 0.05) is 0 Å². The van der Waals surface area contributed by atoms with Crippen LogP contribution in [0.4, 0.5) is 0 Å². The van der Waals surface area contributed by atoms with E-state index in [0.717, 1.165) is 0 Å². The molecule has 0 aromatic rings. The third-order valence-electron chi connectivity index (χ3n) is 0.671. The summed E-state index contributed by atoms with van der Waals surface area (Å²) < 4.78 is 4.82. The van der Waals surface area contributed by atoms with E-state index in [1.54, 1.807) is 0 Å². The fourth-order valence-corrected chi connectivity index (χ4v) is 9.06. The normalized spacial score (nSPS) is 10.5. The second-order valence-electron chi connectivity index (χ2n) is 4.45. The molecule has 0 bridgehead atoms. The zero-order chi connectivity index (χ0) is 7.71. The molecule has 0 unspecified atom stereocenters. The largest absolute Gasteiger partial charge is 3.00 e. The fraction of sp³-hybridized carbons (Fsp3) is 1.00. The average molecular weight is 323 g/mol. The van der Waals surface area contributed by atoms with E-state index in [0.29, 0.717) is 0 Å². The van der Waals surface area contributed by atoms with Crippen molar-refractivity contribution in [1.29, 1.82) is 0 Å². The Balaban J connectivity index is -0.000000107. The predicted octanol–water partition coefficient (Wildman–Crippen LogP) is -2.96. The van der Waals surface area contributed by atoms with Crippen LogP contribution in [0.3, 0.4) is 0 Å². The molecule has 73 valence electrons. The minimum atomic E-state index is -1.11. The average Bonchev–Trinajstić information content (AvgIpc) is 1.14. The van der Waals surface area contributed by atoms with E-state index in [1.165, 1.54) is 0 Å². The summed E-state index contributed by atoms with van der Waals surface area (Å²) in [6.45, 7) is 13.8. The first kappa shape index (κ1) is 23.6. The molecule has 0 amide bonds.